The molecule has 1 saturated heterocycles. The van der Waals surface area contributed by atoms with Gasteiger partial charge in [0.05, 0.1) is 0 Å². The summed E-state index contributed by atoms with van der Waals surface area (Å²) in [6.07, 6.45) is -0.587. The van der Waals surface area contributed by atoms with Crippen molar-refractivity contribution >= 4 is 12.0 Å². The average molecular weight is 319 g/mol. The molecule has 0 saturated carbocycles. The van der Waals surface area contributed by atoms with E-state index < -0.39 is 17.7 Å². The first kappa shape index (κ1) is 17.3. The topological polar surface area (TPSA) is 84.7 Å². The van der Waals surface area contributed by atoms with E-state index in [4.69, 9.17) is 10.5 Å². The van der Waals surface area contributed by atoms with Crippen LogP contribution in [0.4, 0.5) is 4.79 Å². The maximum Gasteiger partial charge on any atom is 0.408 e. The number of carbonyl (C=O) groups excluding carboxylic acids is 2. The van der Waals surface area contributed by atoms with Crippen LogP contribution in [0.1, 0.15) is 26.3 Å². The molecule has 1 aliphatic heterocycles. The Kier molecular flexibility index (Phi) is 5.26. The normalized spacial score (nSPS) is 21.4. The number of likely N-dealkylation sites (tertiary alicyclic amines) is 1. The van der Waals surface area contributed by atoms with Crippen LogP contribution in [0.5, 0.6) is 0 Å². The number of carbonyl (C=O) groups is 2. The lowest BCUT2D eigenvalue weighted by Gasteiger charge is -2.23. The maximum absolute atomic E-state index is 12.6. The molecular formula is C17H25N3O3. The van der Waals surface area contributed by atoms with Crippen molar-refractivity contribution < 1.29 is 14.3 Å². The fourth-order valence-electron chi connectivity index (χ4n) is 2.65. The van der Waals surface area contributed by atoms with E-state index in [1.807, 2.05) is 30.3 Å². The lowest BCUT2D eigenvalue weighted by Crippen LogP contribution is -2.47. The zero-order valence-corrected chi connectivity index (χ0v) is 13.9. The summed E-state index contributed by atoms with van der Waals surface area (Å²) in [5.74, 6) is -0.228. The van der Waals surface area contributed by atoms with Crippen molar-refractivity contribution in [1.82, 2.24) is 10.2 Å². The van der Waals surface area contributed by atoms with Crippen LogP contribution in [0.2, 0.25) is 0 Å². The fraction of sp³-hybridized carbons (Fsp3) is 0.529. The van der Waals surface area contributed by atoms with Gasteiger partial charge in [0.1, 0.15) is 11.6 Å². The molecule has 2 rings (SSSR count). The predicted octanol–water partition coefficient (Wildman–Crippen LogP) is 1.50. The Morgan fingerprint density at radius 1 is 1.35 bits per heavy atom. The van der Waals surface area contributed by atoms with E-state index in [0.717, 1.165) is 5.56 Å². The van der Waals surface area contributed by atoms with Gasteiger partial charge in [-0.15, -0.1) is 0 Å². The lowest BCUT2D eigenvalue weighted by molar-refractivity contribution is -0.130. The van der Waals surface area contributed by atoms with E-state index in [9.17, 15) is 9.59 Å². The molecule has 1 aromatic carbocycles. The zero-order chi connectivity index (χ0) is 17.0. The van der Waals surface area contributed by atoms with Crippen LogP contribution >= 0.6 is 0 Å². The van der Waals surface area contributed by atoms with Crippen molar-refractivity contribution in [2.75, 3.05) is 13.1 Å². The molecule has 0 bridgehead atoms. The summed E-state index contributed by atoms with van der Waals surface area (Å²) < 4.78 is 5.23. The minimum atomic E-state index is -0.626. The predicted molar refractivity (Wildman–Crippen MR) is 87.6 cm³/mol. The number of rotatable bonds is 4. The Labute approximate surface area is 137 Å². The van der Waals surface area contributed by atoms with E-state index in [1.54, 1.807) is 25.7 Å². The summed E-state index contributed by atoms with van der Waals surface area (Å²) in [6.45, 7) is 6.73. The summed E-state index contributed by atoms with van der Waals surface area (Å²) >= 11 is 0. The van der Waals surface area contributed by atoms with Crippen LogP contribution in [0, 0.1) is 5.92 Å². The van der Waals surface area contributed by atoms with Gasteiger partial charge in [0.2, 0.25) is 5.91 Å². The van der Waals surface area contributed by atoms with E-state index in [2.05, 4.69) is 5.32 Å². The summed E-state index contributed by atoms with van der Waals surface area (Å²) in [7, 11) is 0. The highest BCUT2D eigenvalue weighted by molar-refractivity contribution is 5.88. The van der Waals surface area contributed by atoms with Crippen LogP contribution in [0.25, 0.3) is 0 Å². The number of nitrogens with two attached hydrogens (primary N) is 1. The minimum absolute atomic E-state index is 0.112. The van der Waals surface area contributed by atoms with Crippen LogP contribution in [0.15, 0.2) is 30.3 Å². The summed E-state index contributed by atoms with van der Waals surface area (Å²) in [4.78, 5) is 26.3. The van der Waals surface area contributed by atoms with Gasteiger partial charge in [-0.25, -0.2) is 4.79 Å². The Hall–Kier alpha value is -2.08. The van der Waals surface area contributed by atoms with Crippen molar-refractivity contribution in [3.8, 4) is 0 Å². The first-order valence-electron chi connectivity index (χ1n) is 7.82. The monoisotopic (exact) mass is 319 g/mol. The van der Waals surface area contributed by atoms with Crippen molar-refractivity contribution in [3.05, 3.63) is 35.9 Å². The quantitative estimate of drug-likeness (QED) is 0.881. The number of amides is 2. The lowest BCUT2D eigenvalue weighted by atomic mass is 10.0. The molecule has 2 atom stereocenters. The number of hydrogen-bond donors (Lipinski definition) is 2. The third-order valence-electron chi connectivity index (χ3n) is 3.70. The van der Waals surface area contributed by atoms with Crippen molar-refractivity contribution in [3.63, 3.8) is 0 Å². The van der Waals surface area contributed by atoms with Gasteiger partial charge < -0.3 is 20.7 Å². The Morgan fingerprint density at radius 2 is 2.00 bits per heavy atom. The van der Waals surface area contributed by atoms with Gasteiger partial charge in [-0.05, 0) is 32.9 Å². The zero-order valence-electron chi connectivity index (χ0n) is 13.9. The van der Waals surface area contributed by atoms with Crippen LogP contribution in [0.3, 0.4) is 0 Å². The molecule has 1 fully saturated rings. The van der Waals surface area contributed by atoms with Crippen molar-refractivity contribution in [2.24, 2.45) is 11.7 Å². The Morgan fingerprint density at radius 3 is 2.57 bits per heavy atom. The molecule has 2 amide bonds. The second-order valence-corrected chi connectivity index (χ2v) is 6.82. The van der Waals surface area contributed by atoms with Crippen LogP contribution in [-0.4, -0.2) is 41.6 Å². The molecule has 0 spiro atoms. The number of benzene rings is 1. The Bertz CT molecular complexity index is 554. The molecular weight excluding hydrogens is 294 g/mol. The molecule has 1 aromatic rings. The molecule has 6 heteroatoms. The molecule has 3 N–H and O–H groups in total. The molecule has 1 heterocycles. The third-order valence-corrected chi connectivity index (χ3v) is 3.70. The number of alkyl carbamates (subject to hydrolysis) is 1. The third kappa shape index (κ3) is 4.69. The molecule has 1 aliphatic rings. The summed E-state index contributed by atoms with van der Waals surface area (Å²) in [5, 5.41) is 2.67. The molecule has 126 valence electrons. The summed E-state index contributed by atoms with van der Waals surface area (Å²) in [5.41, 5.74) is 6.22. The van der Waals surface area contributed by atoms with Crippen LogP contribution in [-0.2, 0) is 16.1 Å². The molecule has 6 nitrogen and oxygen atoms in total. The first-order chi connectivity index (χ1) is 10.8. The second kappa shape index (κ2) is 7.00. The van der Waals surface area contributed by atoms with Crippen LogP contribution < -0.4 is 11.1 Å². The van der Waals surface area contributed by atoms with Gasteiger partial charge in [0.25, 0.3) is 0 Å². The number of nitrogens with one attached hydrogen (secondary N) is 1. The fourth-order valence-corrected chi connectivity index (χ4v) is 2.65. The van der Waals surface area contributed by atoms with Gasteiger partial charge in [-0.2, -0.15) is 0 Å². The van der Waals surface area contributed by atoms with E-state index in [0.29, 0.717) is 19.6 Å². The largest absolute Gasteiger partial charge is 0.444 e. The molecule has 0 radical (unpaired) electrons. The average Bonchev–Trinajstić information content (AvgIpc) is 2.75. The van der Waals surface area contributed by atoms with E-state index in [-0.39, 0.29) is 11.8 Å². The van der Waals surface area contributed by atoms with Crippen molar-refractivity contribution in [1.29, 1.82) is 0 Å². The molecule has 0 aromatic heterocycles. The summed E-state index contributed by atoms with van der Waals surface area (Å²) in [6, 6.07) is 9.13. The van der Waals surface area contributed by atoms with Gasteiger partial charge >= 0.3 is 6.09 Å². The number of hydrogen-bond acceptors (Lipinski definition) is 4. The molecule has 2 unspecified atom stereocenters. The van der Waals surface area contributed by atoms with Gasteiger partial charge in [-0.1, -0.05) is 30.3 Å². The molecule has 23 heavy (non-hydrogen) atoms. The maximum atomic E-state index is 12.6. The van der Waals surface area contributed by atoms with Gasteiger partial charge in [-0.3, -0.25) is 4.79 Å². The first-order valence-corrected chi connectivity index (χ1v) is 7.82. The van der Waals surface area contributed by atoms with Gasteiger partial charge in [0, 0.05) is 19.0 Å². The smallest absolute Gasteiger partial charge is 0.408 e. The second-order valence-electron chi connectivity index (χ2n) is 6.82. The highest BCUT2D eigenvalue weighted by Crippen LogP contribution is 2.21. The molecule has 0 aliphatic carbocycles. The SMILES string of the molecule is CC(C)(C)OC(=O)NC1C(=O)N(Cc2ccccc2)CC1CN. The number of nitrogens with zero attached hydrogens (tertiary/aromatic N) is 1. The Balaban J connectivity index is 2.02. The van der Waals surface area contributed by atoms with E-state index in [1.165, 1.54) is 0 Å². The standard InChI is InChI=1S/C17H25N3O3/c1-17(2,3)23-16(22)19-14-13(9-18)11-20(15(14)21)10-12-7-5-4-6-8-12/h4-8,13-14H,9-11,18H2,1-3H3,(H,19,22). The highest BCUT2D eigenvalue weighted by Gasteiger charge is 2.41. The van der Waals surface area contributed by atoms with Gasteiger partial charge in [0.15, 0.2) is 0 Å². The van der Waals surface area contributed by atoms with E-state index >= 15 is 0 Å². The van der Waals surface area contributed by atoms with Crippen molar-refractivity contribution in [2.45, 2.75) is 39.0 Å². The highest BCUT2D eigenvalue weighted by atomic mass is 16.6. The number of ether oxygens (including phenoxy) is 1. The minimum Gasteiger partial charge on any atom is -0.444 e.